The predicted octanol–water partition coefficient (Wildman–Crippen LogP) is 2.49. The number of carbonyl (C=O) groups is 1. The van der Waals surface area contributed by atoms with Crippen molar-refractivity contribution in [2.75, 3.05) is 13.1 Å². The van der Waals surface area contributed by atoms with E-state index >= 15 is 0 Å². The number of benzene rings is 1. The van der Waals surface area contributed by atoms with Crippen LogP contribution in [0.25, 0.3) is 0 Å². The summed E-state index contributed by atoms with van der Waals surface area (Å²) in [5.41, 5.74) is 7.03. The van der Waals surface area contributed by atoms with Gasteiger partial charge in [-0.15, -0.1) is 0 Å². The van der Waals surface area contributed by atoms with Gasteiger partial charge in [0.05, 0.1) is 6.54 Å². The number of carbonyl (C=O) groups excluding carboxylic acids is 1. The van der Waals surface area contributed by atoms with E-state index in [1.165, 1.54) is 11.8 Å². The Balaban J connectivity index is 1.59. The summed E-state index contributed by atoms with van der Waals surface area (Å²) in [6.07, 6.45) is 3.33. The van der Waals surface area contributed by atoms with Crippen molar-refractivity contribution in [3.63, 3.8) is 0 Å². The van der Waals surface area contributed by atoms with Crippen LogP contribution < -0.4 is 5.73 Å². The van der Waals surface area contributed by atoms with Gasteiger partial charge in [0.15, 0.2) is 5.69 Å². The number of rotatable bonds is 4. The quantitative estimate of drug-likeness (QED) is 0.939. The van der Waals surface area contributed by atoms with Gasteiger partial charge in [0.1, 0.15) is 6.26 Å². The van der Waals surface area contributed by atoms with E-state index in [4.69, 9.17) is 21.8 Å². The van der Waals surface area contributed by atoms with Crippen molar-refractivity contribution in [1.29, 1.82) is 0 Å². The fraction of sp³-hybridized carbons (Fsp3) is 0.375. The van der Waals surface area contributed by atoms with Gasteiger partial charge in [-0.25, -0.2) is 4.98 Å². The zero-order valence-corrected chi connectivity index (χ0v) is 12.9. The van der Waals surface area contributed by atoms with Gasteiger partial charge in [-0.1, -0.05) is 23.7 Å². The number of hydrogen-bond acceptors (Lipinski definition) is 4. The van der Waals surface area contributed by atoms with Gasteiger partial charge < -0.3 is 15.1 Å². The van der Waals surface area contributed by atoms with E-state index in [1.54, 1.807) is 0 Å². The largest absolute Gasteiger partial charge is 0.447 e. The number of aromatic nitrogens is 1. The molecule has 1 atom stereocenters. The third-order valence-corrected chi connectivity index (χ3v) is 4.21. The molecule has 2 heterocycles. The van der Waals surface area contributed by atoms with Gasteiger partial charge in [-0.3, -0.25) is 4.79 Å². The second-order valence-electron chi connectivity index (χ2n) is 5.57. The van der Waals surface area contributed by atoms with Gasteiger partial charge in [-0.2, -0.15) is 0 Å². The third kappa shape index (κ3) is 3.31. The monoisotopic (exact) mass is 319 g/mol. The van der Waals surface area contributed by atoms with E-state index in [2.05, 4.69) is 4.98 Å². The average molecular weight is 320 g/mol. The molecule has 0 radical (unpaired) electrons. The molecule has 5 nitrogen and oxygen atoms in total. The summed E-state index contributed by atoms with van der Waals surface area (Å²) in [6, 6.07) is 7.88. The predicted molar refractivity (Wildman–Crippen MR) is 83.6 cm³/mol. The summed E-state index contributed by atoms with van der Waals surface area (Å²) in [6.45, 7) is 1.70. The maximum atomic E-state index is 12.4. The molecule has 116 valence electrons. The number of amides is 1. The van der Waals surface area contributed by atoms with Crippen molar-refractivity contribution in [3.8, 4) is 0 Å². The fourth-order valence-electron chi connectivity index (χ4n) is 2.80. The highest BCUT2D eigenvalue weighted by Crippen LogP contribution is 2.23. The summed E-state index contributed by atoms with van der Waals surface area (Å²) in [7, 11) is 0. The van der Waals surface area contributed by atoms with Crippen molar-refractivity contribution >= 4 is 17.5 Å². The Kier molecular flexibility index (Phi) is 4.45. The molecule has 1 aliphatic heterocycles. The first-order valence-electron chi connectivity index (χ1n) is 7.34. The Morgan fingerprint density at radius 3 is 2.86 bits per heavy atom. The first kappa shape index (κ1) is 15.1. The van der Waals surface area contributed by atoms with Crippen LogP contribution in [-0.4, -0.2) is 28.9 Å². The number of halogens is 1. The van der Waals surface area contributed by atoms with Crippen LogP contribution in [0.3, 0.4) is 0 Å². The Morgan fingerprint density at radius 2 is 2.18 bits per heavy atom. The summed E-state index contributed by atoms with van der Waals surface area (Å²) in [5.74, 6) is 0.772. The molecule has 0 spiro atoms. The molecule has 2 aromatic rings. The van der Waals surface area contributed by atoms with Crippen LogP contribution in [0.1, 0.15) is 28.4 Å². The van der Waals surface area contributed by atoms with Crippen molar-refractivity contribution in [3.05, 3.63) is 52.7 Å². The van der Waals surface area contributed by atoms with E-state index in [9.17, 15) is 4.79 Å². The Hall–Kier alpha value is -1.85. The van der Waals surface area contributed by atoms with Gasteiger partial charge in [0.2, 0.25) is 5.89 Å². The third-order valence-electron chi connectivity index (χ3n) is 3.96. The molecule has 1 aromatic carbocycles. The molecule has 0 aliphatic carbocycles. The van der Waals surface area contributed by atoms with E-state index in [0.717, 1.165) is 31.0 Å². The normalized spacial score (nSPS) is 17.9. The first-order valence-corrected chi connectivity index (χ1v) is 7.71. The van der Waals surface area contributed by atoms with Crippen molar-refractivity contribution in [2.45, 2.75) is 19.4 Å². The molecule has 0 saturated carbocycles. The van der Waals surface area contributed by atoms with Crippen LogP contribution in [0.5, 0.6) is 0 Å². The van der Waals surface area contributed by atoms with E-state index in [1.807, 2.05) is 29.2 Å². The molecule has 1 fully saturated rings. The molecule has 1 aromatic heterocycles. The lowest BCUT2D eigenvalue weighted by atomic mass is 9.99. The van der Waals surface area contributed by atoms with Crippen LogP contribution in [0, 0.1) is 5.92 Å². The lowest BCUT2D eigenvalue weighted by molar-refractivity contribution is 0.0781. The molecule has 22 heavy (non-hydrogen) atoms. The highest BCUT2D eigenvalue weighted by Gasteiger charge is 2.28. The molecule has 1 amide bonds. The first-order chi connectivity index (χ1) is 10.7. The SMILES string of the molecule is NCc1nc(C(=O)N2CCC(Cc3ccc(Cl)cc3)C2)co1. The van der Waals surface area contributed by atoms with Gasteiger partial charge in [-0.05, 0) is 36.5 Å². The average Bonchev–Trinajstić information content (AvgIpc) is 3.18. The molecular weight excluding hydrogens is 302 g/mol. The minimum absolute atomic E-state index is 0.0814. The maximum absolute atomic E-state index is 12.4. The maximum Gasteiger partial charge on any atom is 0.275 e. The molecule has 1 saturated heterocycles. The van der Waals surface area contributed by atoms with Crippen molar-refractivity contribution < 1.29 is 9.21 Å². The fourth-order valence-corrected chi connectivity index (χ4v) is 2.93. The Morgan fingerprint density at radius 1 is 1.41 bits per heavy atom. The summed E-state index contributed by atoms with van der Waals surface area (Å²) < 4.78 is 5.13. The molecule has 6 heteroatoms. The van der Waals surface area contributed by atoms with Crippen molar-refractivity contribution in [2.24, 2.45) is 11.7 Å². The molecule has 1 aliphatic rings. The highest BCUT2D eigenvalue weighted by atomic mass is 35.5. The highest BCUT2D eigenvalue weighted by molar-refractivity contribution is 6.30. The van der Waals surface area contributed by atoms with Gasteiger partial charge >= 0.3 is 0 Å². The van der Waals surface area contributed by atoms with Crippen molar-refractivity contribution in [1.82, 2.24) is 9.88 Å². The van der Waals surface area contributed by atoms with Crippen LogP contribution >= 0.6 is 11.6 Å². The number of likely N-dealkylation sites (tertiary alicyclic amines) is 1. The molecule has 0 bridgehead atoms. The van der Waals surface area contributed by atoms with E-state index < -0.39 is 0 Å². The smallest absolute Gasteiger partial charge is 0.275 e. The second kappa shape index (κ2) is 6.50. The number of oxazole rings is 1. The molecule has 2 N–H and O–H groups in total. The zero-order chi connectivity index (χ0) is 15.5. The lowest BCUT2D eigenvalue weighted by Crippen LogP contribution is -2.29. The molecule has 3 rings (SSSR count). The Labute approximate surface area is 134 Å². The molecular formula is C16H18ClN3O2. The number of hydrogen-bond donors (Lipinski definition) is 1. The second-order valence-corrected chi connectivity index (χ2v) is 6.00. The summed E-state index contributed by atoms with van der Waals surface area (Å²) in [4.78, 5) is 18.3. The Bertz CT molecular complexity index is 654. The standard InChI is InChI=1S/C16H18ClN3O2/c17-13-3-1-11(2-4-13)7-12-5-6-20(9-12)16(21)14-10-22-15(8-18)19-14/h1-4,10,12H,5-9,18H2. The van der Waals surface area contributed by atoms with E-state index in [-0.39, 0.29) is 12.5 Å². The minimum Gasteiger partial charge on any atom is -0.447 e. The van der Waals surface area contributed by atoms with Crippen LogP contribution in [-0.2, 0) is 13.0 Å². The van der Waals surface area contributed by atoms with Crippen LogP contribution in [0.2, 0.25) is 5.02 Å². The van der Waals surface area contributed by atoms with Gasteiger partial charge in [0.25, 0.3) is 5.91 Å². The summed E-state index contributed by atoms with van der Waals surface area (Å²) >= 11 is 5.90. The lowest BCUT2D eigenvalue weighted by Gasteiger charge is -2.15. The number of nitrogens with two attached hydrogens (primary N) is 1. The van der Waals surface area contributed by atoms with Crippen LogP contribution in [0.15, 0.2) is 34.9 Å². The zero-order valence-electron chi connectivity index (χ0n) is 12.2. The summed E-state index contributed by atoms with van der Waals surface area (Å²) in [5, 5.41) is 0.744. The van der Waals surface area contributed by atoms with E-state index in [0.29, 0.717) is 17.5 Å². The topological polar surface area (TPSA) is 72.4 Å². The molecule has 1 unspecified atom stereocenters. The minimum atomic E-state index is -0.0814. The number of nitrogens with zero attached hydrogens (tertiary/aromatic N) is 2. The van der Waals surface area contributed by atoms with Gasteiger partial charge in [0, 0.05) is 18.1 Å². The van der Waals surface area contributed by atoms with Crippen LogP contribution in [0.4, 0.5) is 0 Å².